The third-order valence-electron chi connectivity index (χ3n) is 2.52. The molecule has 1 aromatic heterocycles. The Kier molecular flexibility index (Phi) is 6.07. The molecule has 0 aliphatic rings. The summed E-state index contributed by atoms with van der Waals surface area (Å²) >= 11 is 5.00. The van der Waals surface area contributed by atoms with E-state index in [1.165, 1.54) is 0 Å². The van der Waals surface area contributed by atoms with Crippen molar-refractivity contribution in [3.63, 3.8) is 0 Å². The molecule has 102 valence electrons. The maximum Gasteiger partial charge on any atom is 0.222 e. The number of rotatable bonds is 8. The van der Waals surface area contributed by atoms with Crippen molar-refractivity contribution in [1.29, 1.82) is 0 Å². The Hall–Kier alpha value is -1.14. The van der Waals surface area contributed by atoms with Gasteiger partial charge in [0.1, 0.15) is 11.6 Å². The maximum atomic E-state index is 5.67. The van der Waals surface area contributed by atoms with Gasteiger partial charge in [0, 0.05) is 13.7 Å². The van der Waals surface area contributed by atoms with Gasteiger partial charge in [-0.25, -0.2) is 4.68 Å². The minimum absolute atomic E-state index is 0.308. The number of aryl methyl sites for hydroxylation is 2. The lowest BCUT2D eigenvalue weighted by Crippen LogP contribution is -2.15. The van der Waals surface area contributed by atoms with Crippen LogP contribution in [0.2, 0.25) is 0 Å². The number of nitrogens with two attached hydrogens (primary N) is 1. The van der Waals surface area contributed by atoms with Crippen molar-refractivity contribution in [1.82, 2.24) is 9.78 Å². The number of thiocarbonyl (C=S) groups is 1. The summed E-state index contributed by atoms with van der Waals surface area (Å²) in [6, 6.07) is 0. The third kappa shape index (κ3) is 3.96. The zero-order valence-corrected chi connectivity index (χ0v) is 12.0. The van der Waals surface area contributed by atoms with Crippen LogP contribution in [0.4, 0.5) is 0 Å². The Balaban J connectivity index is 2.49. The molecule has 2 N–H and O–H groups in total. The minimum Gasteiger partial charge on any atom is -0.475 e. The van der Waals surface area contributed by atoms with Crippen LogP contribution in [0, 0.1) is 6.92 Å². The van der Waals surface area contributed by atoms with Crippen LogP contribution in [0.15, 0.2) is 0 Å². The summed E-state index contributed by atoms with van der Waals surface area (Å²) in [5.74, 6) is 0.610. The molecule has 5 nitrogen and oxygen atoms in total. The highest BCUT2D eigenvalue weighted by Crippen LogP contribution is 2.20. The quantitative estimate of drug-likeness (QED) is 0.574. The average Bonchev–Trinajstić information content (AvgIpc) is 2.58. The Labute approximate surface area is 113 Å². The van der Waals surface area contributed by atoms with Gasteiger partial charge < -0.3 is 15.2 Å². The molecule has 0 aromatic carbocycles. The van der Waals surface area contributed by atoms with E-state index in [1.807, 2.05) is 14.0 Å². The van der Waals surface area contributed by atoms with Gasteiger partial charge in [-0.3, -0.25) is 0 Å². The largest absolute Gasteiger partial charge is 0.475 e. The van der Waals surface area contributed by atoms with Gasteiger partial charge in [0.15, 0.2) is 0 Å². The molecule has 0 saturated heterocycles. The van der Waals surface area contributed by atoms with E-state index in [2.05, 4.69) is 12.0 Å². The fraction of sp³-hybridized carbons (Fsp3) is 0.667. The van der Waals surface area contributed by atoms with E-state index in [0.29, 0.717) is 29.6 Å². The molecule has 0 fully saturated rings. The van der Waals surface area contributed by atoms with E-state index in [4.69, 9.17) is 27.4 Å². The van der Waals surface area contributed by atoms with Crippen LogP contribution >= 0.6 is 12.2 Å². The lowest BCUT2D eigenvalue weighted by atomic mass is 10.2. The molecule has 0 aliphatic heterocycles. The molecule has 0 amide bonds. The van der Waals surface area contributed by atoms with E-state index < -0.39 is 0 Å². The average molecular weight is 271 g/mol. The predicted molar refractivity (Wildman–Crippen MR) is 75.1 cm³/mol. The molecule has 1 rings (SSSR count). The van der Waals surface area contributed by atoms with E-state index in [0.717, 1.165) is 25.1 Å². The summed E-state index contributed by atoms with van der Waals surface area (Å²) in [5, 5.41) is 4.24. The van der Waals surface area contributed by atoms with Crippen LogP contribution in [0.5, 0.6) is 5.88 Å². The van der Waals surface area contributed by atoms with Crippen LogP contribution in [0.3, 0.4) is 0 Å². The van der Waals surface area contributed by atoms with Gasteiger partial charge >= 0.3 is 0 Å². The van der Waals surface area contributed by atoms with Crippen LogP contribution in [-0.4, -0.2) is 34.6 Å². The first-order valence-electron chi connectivity index (χ1n) is 6.11. The summed E-state index contributed by atoms with van der Waals surface area (Å²) in [6.45, 7) is 5.79. The molecule has 0 saturated carbocycles. The van der Waals surface area contributed by atoms with Crippen LogP contribution in [0.1, 0.15) is 31.0 Å². The van der Waals surface area contributed by atoms with E-state index in [9.17, 15) is 0 Å². The first-order chi connectivity index (χ1) is 8.57. The predicted octanol–water partition coefficient (Wildman–Crippen LogP) is 1.56. The smallest absolute Gasteiger partial charge is 0.222 e. The monoisotopic (exact) mass is 271 g/mol. The fourth-order valence-electron chi connectivity index (χ4n) is 1.63. The lowest BCUT2D eigenvalue weighted by molar-refractivity contribution is 0.0949. The standard InChI is InChI=1S/C12H21N3O2S/c1-4-5-6-16-7-8-17-12-10(11(13)18)9(2)14-15(12)3/h4-8H2,1-3H3,(H2,13,18). The molecule has 6 heteroatoms. The van der Waals surface area contributed by atoms with Gasteiger partial charge in [0.05, 0.1) is 17.9 Å². The van der Waals surface area contributed by atoms with Crippen molar-refractivity contribution in [2.24, 2.45) is 12.8 Å². The summed E-state index contributed by atoms with van der Waals surface area (Å²) in [7, 11) is 1.81. The number of unbranched alkanes of at least 4 members (excludes halogenated alkanes) is 1. The van der Waals surface area contributed by atoms with Gasteiger partial charge in [0.25, 0.3) is 0 Å². The molecule has 18 heavy (non-hydrogen) atoms. The normalized spacial score (nSPS) is 10.6. The van der Waals surface area contributed by atoms with E-state index in [1.54, 1.807) is 4.68 Å². The van der Waals surface area contributed by atoms with Crippen LogP contribution < -0.4 is 10.5 Å². The zero-order chi connectivity index (χ0) is 13.5. The highest BCUT2D eigenvalue weighted by Gasteiger charge is 2.16. The van der Waals surface area contributed by atoms with E-state index in [-0.39, 0.29) is 0 Å². The number of hydrogen-bond donors (Lipinski definition) is 1. The molecule has 0 radical (unpaired) electrons. The maximum absolute atomic E-state index is 5.67. The van der Waals surface area contributed by atoms with Crippen molar-refractivity contribution >= 4 is 17.2 Å². The van der Waals surface area contributed by atoms with E-state index >= 15 is 0 Å². The molecule has 1 aromatic rings. The molecule has 1 heterocycles. The second-order valence-corrected chi connectivity index (χ2v) is 4.51. The fourth-order valence-corrected chi connectivity index (χ4v) is 1.87. The zero-order valence-electron chi connectivity index (χ0n) is 11.2. The highest BCUT2D eigenvalue weighted by molar-refractivity contribution is 7.80. The van der Waals surface area contributed by atoms with Gasteiger partial charge in [-0.1, -0.05) is 25.6 Å². The molecule has 0 aliphatic carbocycles. The van der Waals surface area contributed by atoms with Crippen LogP contribution in [0.25, 0.3) is 0 Å². The Morgan fingerprint density at radius 2 is 2.11 bits per heavy atom. The minimum atomic E-state index is 0.308. The van der Waals surface area contributed by atoms with Crippen molar-refractivity contribution in [2.45, 2.75) is 26.7 Å². The third-order valence-corrected chi connectivity index (χ3v) is 2.73. The summed E-state index contributed by atoms with van der Waals surface area (Å²) < 4.78 is 12.7. The SMILES string of the molecule is CCCCOCCOc1c(C(N)=S)c(C)nn1C. The Morgan fingerprint density at radius 1 is 1.39 bits per heavy atom. The first kappa shape index (κ1) is 14.9. The van der Waals surface area contributed by atoms with Crippen molar-refractivity contribution < 1.29 is 9.47 Å². The second kappa shape index (κ2) is 7.33. The molecule has 0 bridgehead atoms. The second-order valence-electron chi connectivity index (χ2n) is 4.07. The number of hydrogen-bond acceptors (Lipinski definition) is 4. The molecular formula is C12H21N3O2S. The highest BCUT2D eigenvalue weighted by atomic mass is 32.1. The summed E-state index contributed by atoms with van der Waals surface area (Å²) in [5.41, 5.74) is 7.16. The molecule has 0 atom stereocenters. The van der Waals surface area contributed by atoms with Gasteiger partial charge in [0.2, 0.25) is 5.88 Å². The summed E-state index contributed by atoms with van der Waals surface area (Å²) in [4.78, 5) is 0.308. The Morgan fingerprint density at radius 3 is 2.72 bits per heavy atom. The van der Waals surface area contributed by atoms with Crippen molar-refractivity contribution in [3.8, 4) is 5.88 Å². The topological polar surface area (TPSA) is 62.3 Å². The molecular weight excluding hydrogens is 250 g/mol. The molecule has 0 unspecified atom stereocenters. The first-order valence-corrected chi connectivity index (χ1v) is 6.52. The Bertz CT molecular complexity index is 404. The van der Waals surface area contributed by atoms with Gasteiger partial charge in [-0.15, -0.1) is 0 Å². The van der Waals surface area contributed by atoms with Gasteiger partial charge in [-0.05, 0) is 13.3 Å². The van der Waals surface area contributed by atoms with Gasteiger partial charge in [-0.2, -0.15) is 5.10 Å². The van der Waals surface area contributed by atoms with Crippen molar-refractivity contribution in [2.75, 3.05) is 19.8 Å². The molecule has 0 spiro atoms. The number of ether oxygens (including phenoxy) is 2. The van der Waals surface area contributed by atoms with Crippen molar-refractivity contribution in [3.05, 3.63) is 11.3 Å². The van der Waals surface area contributed by atoms with Crippen LogP contribution in [-0.2, 0) is 11.8 Å². The number of aromatic nitrogens is 2. The summed E-state index contributed by atoms with van der Waals surface area (Å²) in [6.07, 6.45) is 2.20. The lowest BCUT2D eigenvalue weighted by Gasteiger charge is -2.08. The number of nitrogens with zero attached hydrogens (tertiary/aromatic N) is 2.